The zero-order valence-corrected chi connectivity index (χ0v) is 24.2. The van der Waals surface area contributed by atoms with Gasteiger partial charge in [-0.05, 0) is 12.5 Å². The average molecular weight is 582 g/mol. The van der Waals surface area contributed by atoms with Crippen LogP contribution >= 0.6 is 34.4 Å². The van der Waals surface area contributed by atoms with Crippen molar-refractivity contribution >= 4 is 72.9 Å². The first-order valence-corrected chi connectivity index (χ1v) is 13.9. The topological polar surface area (TPSA) is 213 Å². The Balaban J connectivity index is 0.00000361. The number of rotatable bonds is 8. The standard InChI is InChI=1S/C17H17N7O7S4.Na/c1-6-21-22-17(34-6)35(29,30)5-7-3-32-14-10(13(26)24(14)11(7)15(27)28)20-12(25)9(23-31-2)8-4-33-16(18)19-8;/h4,10,14H,3,5H2,1-2H3,(H2,18,19)(H,20,25)(H,27,28);/q;+1/p-1/b23-9-;/t10-,14-;/m1./s1. The number of carbonyl (C=O) groups excluding carboxylic acids is 1. The van der Waals surface area contributed by atoms with Crippen LogP contribution in [0.3, 0.4) is 0 Å². The minimum absolute atomic E-state index is 0. The molecule has 2 aromatic heterocycles. The number of aryl methyl sites for hydroxylation is 1. The zero-order chi connectivity index (χ0) is 25.5. The second-order valence-corrected chi connectivity index (χ2v) is 12.4. The Labute approximate surface area is 238 Å². The molecule has 14 nitrogen and oxygen atoms in total. The fourth-order valence-electron chi connectivity index (χ4n) is 3.33. The van der Waals surface area contributed by atoms with E-state index in [0.29, 0.717) is 5.01 Å². The maximum atomic E-state index is 12.8. The Morgan fingerprint density at radius 3 is 2.69 bits per heavy atom. The van der Waals surface area contributed by atoms with Crippen LogP contribution in [0.4, 0.5) is 5.13 Å². The summed E-state index contributed by atoms with van der Waals surface area (Å²) < 4.78 is 25.2. The van der Waals surface area contributed by atoms with E-state index in [4.69, 9.17) is 5.73 Å². The number of amides is 1. The number of thiazole rings is 1. The molecule has 0 aliphatic carbocycles. The molecule has 4 rings (SSSR count). The van der Waals surface area contributed by atoms with Crippen molar-refractivity contribution in [3.05, 3.63) is 27.4 Å². The number of fused-ring (bicyclic) bond motifs is 1. The molecule has 2 atom stereocenters. The summed E-state index contributed by atoms with van der Waals surface area (Å²) >= 11 is 3.04. The van der Waals surface area contributed by atoms with Crippen LogP contribution in [-0.2, 0) is 24.3 Å². The summed E-state index contributed by atoms with van der Waals surface area (Å²) in [7, 11) is -2.75. The van der Waals surface area contributed by atoms with Gasteiger partial charge in [0.1, 0.15) is 34.6 Å². The molecule has 19 heteroatoms. The molecule has 2 aliphatic heterocycles. The molecule has 0 aromatic carbocycles. The van der Waals surface area contributed by atoms with Gasteiger partial charge in [-0.1, -0.05) is 16.5 Å². The van der Waals surface area contributed by atoms with Gasteiger partial charge in [0.25, 0.3) is 5.91 Å². The van der Waals surface area contributed by atoms with E-state index >= 15 is 0 Å². The number of carboxylic acid groups (broad SMARTS) is 1. The number of aliphatic imine (C=N–C) groups is 1. The van der Waals surface area contributed by atoms with Crippen LogP contribution in [-0.4, -0.2) is 87.1 Å². The number of anilines is 1. The van der Waals surface area contributed by atoms with E-state index in [2.05, 4.69) is 30.2 Å². The van der Waals surface area contributed by atoms with E-state index in [1.54, 1.807) is 6.92 Å². The number of nitrogens with zero attached hydrogens (tertiary/aromatic N) is 6. The summed E-state index contributed by atoms with van der Waals surface area (Å²) in [5, 5.41) is 34.7. The van der Waals surface area contributed by atoms with E-state index in [0.717, 1.165) is 39.3 Å². The first-order chi connectivity index (χ1) is 16.5. The van der Waals surface area contributed by atoms with Gasteiger partial charge >= 0.3 is 35.5 Å². The third-order valence-electron chi connectivity index (χ3n) is 4.77. The normalized spacial score (nSPS) is 20.5. The van der Waals surface area contributed by atoms with Gasteiger partial charge in [0.2, 0.25) is 14.2 Å². The largest absolute Gasteiger partial charge is 1.00 e. The van der Waals surface area contributed by atoms with Crippen LogP contribution in [0.15, 0.2) is 31.1 Å². The second-order valence-electron chi connectivity index (χ2n) is 7.09. The molecule has 0 unspecified atom stereocenters. The molecule has 0 bridgehead atoms. The SMILES string of the molecule is CO/N=C(\C([O-])=N[C@@H]1C(=O)N2C(C(=O)O)=C(CS(=O)(=O)c3nnc(C)s3)CS[C@H]12)c1csc(N)n1.[Na+]. The summed E-state index contributed by atoms with van der Waals surface area (Å²) in [6, 6.07) is -1.19. The minimum atomic E-state index is -3.97. The van der Waals surface area contributed by atoms with Crippen LogP contribution < -0.4 is 40.4 Å². The number of hydrogen-bond donors (Lipinski definition) is 2. The van der Waals surface area contributed by atoms with Gasteiger partial charge in [-0.25, -0.2) is 18.2 Å². The van der Waals surface area contributed by atoms with Gasteiger partial charge in [0.15, 0.2) is 11.2 Å². The van der Waals surface area contributed by atoms with Gasteiger partial charge in [0, 0.05) is 17.0 Å². The van der Waals surface area contributed by atoms with Crippen molar-refractivity contribution in [2.45, 2.75) is 22.7 Å². The summed E-state index contributed by atoms with van der Waals surface area (Å²) in [5.41, 5.74) is 5.04. The van der Waals surface area contributed by atoms with Gasteiger partial charge in [0.05, 0.1) is 5.75 Å². The Bertz CT molecular complexity index is 1400. The summed E-state index contributed by atoms with van der Waals surface area (Å²) in [4.78, 5) is 38.3. The van der Waals surface area contributed by atoms with Gasteiger partial charge < -0.3 is 20.8 Å². The molecule has 0 saturated carbocycles. The van der Waals surface area contributed by atoms with E-state index in [1.165, 1.54) is 12.5 Å². The predicted octanol–water partition coefficient (Wildman–Crippen LogP) is -3.91. The van der Waals surface area contributed by atoms with E-state index in [-0.39, 0.29) is 61.8 Å². The number of thioether (sulfide) groups is 1. The Morgan fingerprint density at radius 1 is 1.42 bits per heavy atom. The fourth-order valence-corrected chi connectivity index (χ4v) is 7.78. The third-order valence-corrected chi connectivity index (χ3v) is 9.75. The monoisotopic (exact) mass is 581 g/mol. The molecule has 2 aromatic rings. The molecular formula is C17H16N7NaO7S4. The molecule has 36 heavy (non-hydrogen) atoms. The quantitative estimate of drug-likeness (QED) is 0.101. The molecule has 3 N–H and O–H groups in total. The number of nitrogens with two attached hydrogens (primary N) is 1. The van der Waals surface area contributed by atoms with E-state index in [1.807, 2.05) is 0 Å². The van der Waals surface area contributed by atoms with Crippen LogP contribution in [0.2, 0.25) is 0 Å². The number of carbonyl (C=O) groups is 2. The van der Waals surface area contributed by atoms with Crippen molar-refractivity contribution in [2.75, 3.05) is 24.3 Å². The van der Waals surface area contributed by atoms with Crippen LogP contribution in [0.25, 0.3) is 0 Å². The molecule has 186 valence electrons. The second kappa shape index (κ2) is 11.1. The van der Waals surface area contributed by atoms with E-state index < -0.39 is 50.5 Å². The molecule has 1 amide bonds. The van der Waals surface area contributed by atoms with E-state index in [9.17, 15) is 28.2 Å². The molecule has 0 radical (unpaired) electrons. The maximum Gasteiger partial charge on any atom is 1.00 e. The maximum absolute atomic E-state index is 12.8. The number of nitrogen functional groups attached to an aromatic ring is 1. The van der Waals surface area contributed by atoms with Crippen molar-refractivity contribution in [1.82, 2.24) is 20.1 Å². The minimum Gasteiger partial charge on any atom is -0.857 e. The fraction of sp³-hybridized carbons (Fsp3) is 0.353. The molecule has 4 heterocycles. The molecule has 0 spiro atoms. The molecule has 2 aliphatic rings. The van der Waals surface area contributed by atoms with Crippen LogP contribution in [0.5, 0.6) is 0 Å². The number of hydrogen-bond acceptors (Lipinski definition) is 15. The Hall–Kier alpha value is -2.09. The number of oxime groups is 1. The number of aliphatic carboxylic acids is 1. The van der Waals surface area contributed by atoms with Gasteiger partial charge in [-0.2, -0.15) is 0 Å². The van der Waals surface area contributed by atoms with Crippen LogP contribution in [0, 0.1) is 6.92 Å². The first kappa shape index (κ1) is 28.5. The molecular weight excluding hydrogens is 565 g/mol. The van der Waals surface area contributed by atoms with Gasteiger partial charge in [-0.15, -0.1) is 33.3 Å². The summed E-state index contributed by atoms with van der Waals surface area (Å²) in [6.45, 7) is 1.59. The average Bonchev–Trinajstić information content (AvgIpc) is 3.43. The first-order valence-electron chi connectivity index (χ1n) is 9.54. The zero-order valence-electron chi connectivity index (χ0n) is 18.9. The van der Waals surface area contributed by atoms with Crippen molar-refractivity contribution in [3.8, 4) is 0 Å². The number of β-lactam (4-membered cyclic amide) rings is 1. The summed E-state index contributed by atoms with van der Waals surface area (Å²) in [5.74, 6) is -3.76. The summed E-state index contributed by atoms with van der Waals surface area (Å²) in [6.07, 6.45) is 0. The molecule has 1 saturated heterocycles. The third kappa shape index (κ3) is 5.43. The van der Waals surface area contributed by atoms with Crippen molar-refractivity contribution < 1.29 is 62.6 Å². The Morgan fingerprint density at radius 2 is 2.14 bits per heavy atom. The van der Waals surface area contributed by atoms with Crippen LogP contribution in [0.1, 0.15) is 10.7 Å². The smallest absolute Gasteiger partial charge is 0.857 e. The Kier molecular flexibility index (Phi) is 8.79. The number of sulfone groups is 1. The number of carboxylic acids is 1. The number of aromatic nitrogens is 3. The van der Waals surface area contributed by atoms with Crippen molar-refractivity contribution in [3.63, 3.8) is 0 Å². The molecule has 1 fully saturated rings. The van der Waals surface area contributed by atoms with Crippen molar-refractivity contribution in [2.24, 2.45) is 10.1 Å². The van der Waals surface area contributed by atoms with Gasteiger partial charge in [-0.3, -0.25) is 14.7 Å². The van der Waals surface area contributed by atoms with Crippen molar-refractivity contribution in [1.29, 1.82) is 0 Å². The predicted molar refractivity (Wildman–Crippen MR) is 126 cm³/mol.